The van der Waals surface area contributed by atoms with Crippen LogP contribution in [0.5, 0.6) is 0 Å². The second-order valence-electron chi connectivity index (χ2n) is 10.4. The molecule has 4 N–H and O–H groups in total. The van der Waals surface area contributed by atoms with Gasteiger partial charge in [0.25, 0.3) is 0 Å². The standard InChI is InChI=1S/C29H58NO6P/c1-3-5-7-9-11-13-15-16-18-20-22-24-28(31)27(26-36-37(33,34)35)30-29(32)25-23-21-19-17-14-12-10-8-6-4-2/h22,24,27-28,31H,3-21,23,25-26H2,1-2H3,(H,30,32)(H2,33,34,35)/b24-22+/t27-,28+/m0/s1. The number of aliphatic hydroxyl groups is 1. The van der Waals surface area contributed by atoms with Gasteiger partial charge in [-0.15, -0.1) is 0 Å². The maximum atomic E-state index is 12.4. The Balaban J connectivity index is 4.18. The third kappa shape index (κ3) is 26.7. The average Bonchev–Trinajstić information content (AvgIpc) is 2.85. The van der Waals surface area contributed by atoms with E-state index in [2.05, 4.69) is 23.7 Å². The minimum Gasteiger partial charge on any atom is -0.387 e. The molecule has 0 aliphatic rings. The van der Waals surface area contributed by atoms with Gasteiger partial charge >= 0.3 is 7.82 Å². The number of rotatable bonds is 27. The van der Waals surface area contributed by atoms with Crippen LogP contribution in [-0.2, 0) is 13.9 Å². The third-order valence-corrected chi connectivity index (χ3v) is 7.23. The van der Waals surface area contributed by atoms with Crippen LogP contribution in [0.2, 0.25) is 0 Å². The fourth-order valence-corrected chi connectivity index (χ4v) is 4.75. The minimum atomic E-state index is -4.69. The maximum absolute atomic E-state index is 12.4. The second kappa shape index (κ2) is 25.6. The lowest BCUT2D eigenvalue weighted by molar-refractivity contribution is -0.123. The fraction of sp³-hybridized carbons (Fsp3) is 0.897. The fourth-order valence-electron chi connectivity index (χ4n) is 4.40. The summed E-state index contributed by atoms with van der Waals surface area (Å²) in [5, 5.41) is 13.2. The molecule has 0 aromatic rings. The van der Waals surface area contributed by atoms with E-state index in [9.17, 15) is 14.5 Å². The molecule has 0 fully saturated rings. The first kappa shape index (κ1) is 36.3. The molecule has 1 amide bonds. The van der Waals surface area contributed by atoms with Crippen LogP contribution in [0.3, 0.4) is 0 Å². The van der Waals surface area contributed by atoms with Crippen molar-refractivity contribution < 1.29 is 28.8 Å². The lowest BCUT2D eigenvalue weighted by Crippen LogP contribution is -2.45. The van der Waals surface area contributed by atoms with Gasteiger partial charge in [-0.2, -0.15) is 0 Å². The van der Waals surface area contributed by atoms with E-state index in [-0.39, 0.29) is 5.91 Å². The molecular formula is C29H58NO6P. The molecule has 0 saturated carbocycles. The predicted octanol–water partition coefficient (Wildman–Crippen LogP) is 7.73. The molecule has 8 heteroatoms. The molecule has 2 atom stereocenters. The highest BCUT2D eigenvalue weighted by Gasteiger charge is 2.24. The summed E-state index contributed by atoms with van der Waals surface area (Å²) in [5.74, 6) is -0.231. The highest BCUT2D eigenvalue weighted by Crippen LogP contribution is 2.35. The summed E-state index contributed by atoms with van der Waals surface area (Å²) in [6.07, 6.45) is 26.6. The van der Waals surface area contributed by atoms with Gasteiger partial charge in [-0.25, -0.2) is 4.57 Å². The zero-order valence-electron chi connectivity index (χ0n) is 23.9. The number of aliphatic hydroxyl groups excluding tert-OH is 1. The van der Waals surface area contributed by atoms with Crippen molar-refractivity contribution in [2.75, 3.05) is 6.61 Å². The van der Waals surface area contributed by atoms with E-state index >= 15 is 0 Å². The van der Waals surface area contributed by atoms with E-state index in [4.69, 9.17) is 9.79 Å². The molecule has 0 aliphatic carbocycles. The van der Waals surface area contributed by atoms with Crippen molar-refractivity contribution in [3.8, 4) is 0 Å². The number of hydrogen-bond acceptors (Lipinski definition) is 4. The lowest BCUT2D eigenvalue weighted by atomic mass is 10.1. The summed E-state index contributed by atoms with van der Waals surface area (Å²) in [4.78, 5) is 30.5. The van der Waals surface area contributed by atoms with E-state index in [1.165, 1.54) is 89.9 Å². The number of carbonyl (C=O) groups excluding carboxylic acids is 1. The summed E-state index contributed by atoms with van der Waals surface area (Å²) >= 11 is 0. The Morgan fingerprint density at radius 3 is 1.65 bits per heavy atom. The van der Waals surface area contributed by atoms with Crippen LogP contribution >= 0.6 is 7.82 Å². The Kier molecular flexibility index (Phi) is 25.1. The van der Waals surface area contributed by atoms with Crippen LogP contribution in [0.4, 0.5) is 0 Å². The largest absolute Gasteiger partial charge is 0.469 e. The highest BCUT2D eigenvalue weighted by molar-refractivity contribution is 7.46. The van der Waals surface area contributed by atoms with Crippen LogP contribution in [0.1, 0.15) is 149 Å². The summed E-state index contributed by atoms with van der Waals surface area (Å²) in [7, 11) is -4.69. The molecule has 37 heavy (non-hydrogen) atoms. The van der Waals surface area contributed by atoms with Crippen LogP contribution in [-0.4, -0.2) is 39.6 Å². The first-order chi connectivity index (χ1) is 17.8. The Morgan fingerprint density at radius 1 is 0.757 bits per heavy atom. The number of allylic oxidation sites excluding steroid dienone is 1. The zero-order valence-corrected chi connectivity index (χ0v) is 24.8. The molecule has 0 aromatic heterocycles. The molecule has 0 unspecified atom stereocenters. The third-order valence-electron chi connectivity index (χ3n) is 6.75. The average molecular weight is 548 g/mol. The van der Waals surface area contributed by atoms with Gasteiger partial charge < -0.3 is 20.2 Å². The summed E-state index contributed by atoms with van der Waals surface area (Å²) in [6.45, 7) is 4.00. The topological polar surface area (TPSA) is 116 Å². The van der Waals surface area contributed by atoms with Crippen molar-refractivity contribution in [1.82, 2.24) is 5.32 Å². The van der Waals surface area contributed by atoms with Crippen molar-refractivity contribution in [3.63, 3.8) is 0 Å². The molecule has 0 bridgehead atoms. The normalized spacial score (nSPS) is 13.8. The first-order valence-corrected chi connectivity index (χ1v) is 16.7. The van der Waals surface area contributed by atoms with E-state index in [0.717, 1.165) is 38.5 Å². The number of phosphoric acid groups is 1. The van der Waals surface area contributed by atoms with Gasteiger partial charge in [0.05, 0.1) is 18.8 Å². The van der Waals surface area contributed by atoms with E-state index in [0.29, 0.717) is 6.42 Å². The smallest absolute Gasteiger partial charge is 0.387 e. The molecular weight excluding hydrogens is 489 g/mol. The van der Waals surface area contributed by atoms with Gasteiger partial charge in [0.2, 0.25) is 5.91 Å². The monoisotopic (exact) mass is 547 g/mol. The SMILES string of the molecule is CCCCCCCCCCC/C=C/[C@@H](O)[C@H](COP(=O)(O)O)NC(=O)CCCCCCCCCCCC. The highest BCUT2D eigenvalue weighted by atomic mass is 31.2. The molecule has 0 spiro atoms. The lowest BCUT2D eigenvalue weighted by Gasteiger charge is -2.22. The van der Waals surface area contributed by atoms with Crippen molar-refractivity contribution in [2.45, 2.75) is 161 Å². The van der Waals surface area contributed by atoms with Gasteiger partial charge in [-0.1, -0.05) is 135 Å². The van der Waals surface area contributed by atoms with Gasteiger partial charge in [0.15, 0.2) is 0 Å². The van der Waals surface area contributed by atoms with Gasteiger partial charge in [0, 0.05) is 6.42 Å². The zero-order chi connectivity index (χ0) is 27.6. The number of hydrogen-bond donors (Lipinski definition) is 4. The van der Waals surface area contributed by atoms with Crippen molar-refractivity contribution >= 4 is 13.7 Å². The van der Waals surface area contributed by atoms with Crippen molar-refractivity contribution in [1.29, 1.82) is 0 Å². The van der Waals surface area contributed by atoms with Crippen LogP contribution < -0.4 is 5.32 Å². The number of phosphoric ester groups is 1. The maximum Gasteiger partial charge on any atom is 0.469 e. The first-order valence-electron chi connectivity index (χ1n) is 15.1. The Bertz CT molecular complexity index is 595. The Hall–Kier alpha value is -0.720. The summed E-state index contributed by atoms with van der Waals surface area (Å²) in [6, 6.07) is -0.900. The second-order valence-corrected chi connectivity index (χ2v) is 11.7. The minimum absolute atomic E-state index is 0.231. The summed E-state index contributed by atoms with van der Waals surface area (Å²) < 4.78 is 15.7. The molecule has 220 valence electrons. The van der Waals surface area contributed by atoms with E-state index in [1.54, 1.807) is 6.08 Å². The quantitative estimate of drug-likeness (QED) is 0.0475. The van der Waals surface area contributed by atoms with Gasteiger partial charge in [0.1, 0.15) is 0 Å². The molecule has 0 rings (SSSR count). The predicted molar refractivity (Wildman–Crippen MR) is 153 cm³/mol. The van der Waals surface area contributed by atoms with Crippen LogP contribution in [0.15, 0.2) is 12.2 Å². The van der Waals surface area contributed by atoms with Crippen LogP contribution in [0, 0.1) is 0 Å². The number of carbonyl (C=O) groups is 1. The Morgan fingerprint density at radius 2 is 1.19 bits per heavy atom. The molecule has 0 heterocycles. The van der Waals surface area contributed by atoms with Crippen molar-refractivity contribution in [3.05, 3.63) is 12.2 Å². The number of nitrogens with one attached hydrogen (secondary N) is 1. The van der Waals surface area contributed by atoms with E-state index < -0.39 is 26.6 Å². The number of unbranched alkanes of at least 4 members (excludes halogenated alkanes) is 18. The molecule has 0 aromatic carbocycles. The van der Waals surface area contributed by atoms with Gasteiger partial charge in [-0.05, 0) is 19.3 Å². The molecule has 0 aliphatic heterocycles. The summed E-state index contributed by atoms with van der Waals surface area (Å²) in [5.41, 5.74) is 0. The molecule has 0 saturated heterocycles. The van der Waals surface area contributed by atoms with Gasteiger partial charge in [-0.3, -0.25) is 9.32 Å². The number of amides is 1. The molecule has 7 nitrogen and oxygen atoms in total. The van der Waals surface area contributed by atoms with Crippen molar-refractivity contribution in [2.24, 2.45) is 0 Å². The Labute approximate surface area is 227 Å². The van der Waals surface area contributed by atoms with Crippen LogP contribution in [0.25, 0.3) is 0 Å². The molecule has 0 radical (unpaired) electrons. The van der Waals surface area contributed by atoms with E-state index in [1.807, 2.05) is 6.08 Å².